The zero-order valence-electron chi connectivity index (χ0n) is 30.1. The number of aromatic nitrogens is 8. The fourth-order valence-corrected chi connectivity index (χ4v) is 7.61. The van der Waals surface area contributed by atoms with Gasteiger partial charge in [0, 0.05) is 33.0 Å². The van der Waals surface area contributed by atoms with Crippen LogP contribution < -0.4 is 4.74 Å². The minimum atomic E-state index is -1.26. The molecule has 55 heavy (non-hydrogen) atoms. The SMILES string of the molecule is CC(C)(COc1c(Cl)c(Cl)c2c3nc4nc(nc5[nH]c(nc6nc(nc([nH]3)c2c1Cl)-c1ccccc1-6)c1cc(C(C)(C)C)ccc51)-c1ccccc1-4)C(=O)O. The van der Waals surface area contributed by atoms with E-state index < -0.39 is 11.4 Å². The Balaban J connectivity index is 1.44. The van der Waals surface area contributed by atoms with Gasteiger partial charge in [-0.15, -0.1) is 0 Å². The molecule has 0 amide bonds. The number of aliphatic carboxylic acids is 1. The van der Waals surface area contributed by atoms with Gasteiger partial charge in [0.1, 0.15) is 34.2 Å². The molecular formula is C41H31Cl3N8O3. The molecule has 0 spiro atoms. The van der Waals surface area contributed by atoms with Crippen LogP contribution in [0.1, 0.15) is 40.2 Å². The summed E-state index contributed by atoms with van der Waals surface area (Å²) in [4.78, 5) is 48.9. The van der Waals surface area contributed by atoms with Gasteiger partial charge in [0.2, 0.25) is 0 Å². The van der Waals surface area contributed by atoms with Crippen molar-refractivity contribution in [2.45, 2.75) is 40.0 Å². The smallest absolute Gasteiger partial charge is 0.312 e. The van der Waals surface area contributed by atoms with Gasteiger partial charge >= 0.3 is 5.97 Å². The molecule has 3 aromatic heterocycles. The second kappa shape index (κ2) is 12.5. The highest BCUT2D eigenvalue weighted by Crippen LogP contribution is 2.48. The maximum absolute atomic E-state index is 11.9. The number of H-pyrrole nitrogens is 2. The average molecular weight is 790 g/mol. The van der Waals surface area contributed by atoms with Crippen LogP contribution in [-0.2, 0) is 10.2 Å². The number of carboxylic acids is 1. The number of hydrogen-bond donors (Lipinski definition) is 3. The maximum atomic E-state index is 11.9. The minimum Gasteiger partial charge on any atom is -0.489 e. The van der Waals surface area contributed by atoms with Gasteiger partial charge in [-0.3, -0.25) is 4.79 Å². The molecule has 0 atom stereocenters. The van der Waals surface area contributed by atoms with E-state index in [4.69, 9.17) is 69.4 Å². The van der Waals surface area contributed by atoms with Gasteiger partial charge in [-0.25, -0.2) is 29.9 Å². The molecule has 2 aliphatic heterocycles. The zero-order chi connectivity index (χ0) is 38.6. The second-order valence-corrected chi connectivity index (χ2v) is 16.3. The quantitative estimate of drug-likeness (QED) is 0.148. The third-order valence-electron chi connectivity index (χ3n) is 9.89. The highest BCUT2D eigenvalue weighted by Gasteiger charge is 2.31. The van der Waals surface area contributed by atoms with Crippen LogP contribution in [0.5, 0.6) is 5.75 Å². The van der Waals surface area contributed by atoms with Gasteiger partial charge < -0.3 is 19.8 Å². The highest BCUT2D eigenvalue weighted by atomic mass is 35.5. The van der Waals surface area contributed by atoms with Crippen molar-refractivity contribution in [1.29, 1.82) is 0 Å². The zero-order valence-corrected chi connectivity index (χ0v) is 32.4. The molecule has 9 rings (SSSR count). The number of ether oxygens (including phenoxy) is 1. The summed E-state index contributed by atoms with van der Waals surface area (Å²) in [6.07, 6.45) is 0. The molecular weight excluding hydrogens is 759 g/mol. The lowest BCUT2D eigenvalue weighted by atomic mass is 9.86. The van der Waals surface area contributed by atoms with Crippen LogP contribution in [0.15, 0.2) is 66.7 Å². The third-order valence-corrected chi connectivity index (χ3v) is 11.1. The number of fused-ring (bicyclic) bond motifs is 20. The Morgan fingerprint density at radius 1 is 0.618 bits per heavy atom. The van der Waals surface area contributed by atoms with E-state index in [-0.39, 0.29) is 44.1 Å². The van der Waals surface area contributed by atoms with E-state index in [9.17, 15) is 9.90 Å². The lowest BCUT2D eigenvalue weighted by Gasteiger charge is -2.21. The molecule has 11 nitrogen and oxygen atoms in total. The van der Waals surface area contributed by atoms with E-state index in [0.717, 1.165) is 38.6 Å². The topological polar surface area (TPSA) is 155 Å². The lowest BCUT2D eigenvalue weighted by Crippen LogP contribution is -2.30. The van der Waals surface area contributed by atoms with Crippen molar-refractivity contribution in [1.82, 2.24) is 39.9 Å². The van der Waals surface area contributed by atoms with E-state index in [2.05, 4.69) is 48.9 Å². The van der Waals surface area contributed by atoms with E-state index >= 15 is 0 Å². The van der Waals surface area contributed by atoms with Crippen molar-refractivity contribution in [2.75, 3.05) is 6.61 Å². The van der Waals surface area contributed by atoms with E-state index in [1.54, 1.807) is 0 Å². The van der Waals surface area contributed by atoms with E-state index in [0.29, 0.717) is 45.4 Å². The Morgan fingerprint density at radius 2 is 1.07 bits per heavy atom. The number of carbonyl (C=O) groups is 1. The molecule has 274 valence electrons. The van der Waals surface area contributed by atoms with Crippen LogP contribution in [0.25, 0.3) is 89.7 Å². The largest absolute Gasteiger partial charge is 0.489 e. The molecule has 14 heteroatoms. The molecule has 8 bridgehead atoms. The molecule has 0 aliphatic carbocycles. The predicted molar refractivity (Wildman–Crippen MR) is 217 cm³/mol. The third kappa shape index (κ3) is 5.68. The first-order valence-corrected chi connectivity index (χ1v) is 18.6. The number of aromatic amines is 2. The minimum absolute atomic E-state index is 0.00830. The summed E-state index contributed by atoms with van der Waals surface area (Å²) in [5.74, 6) is 0.601. The summed E-state index contributed by atoms with van der Waals surface area (Å²) < 4.78 is 6.01. The molecule has 0 unspecified atom stereocenters. The van der Waals surface area contributed by atoms with Crippen LogP contribution in [0.3, 0.4) is 0 Å². The number of nitrogens with one attached hydrogen (secondary N) is 2. The molecule has 0 radical (unpaired) electrons. The predicted octanol–water partition coefficient (Wildman–Crippen LogP) is 10.6. The number of halogens is 3. The standard InChI is InChI=1S/C41H31Cl3N8O3/c1-40(2,3)18-14-15-23-24(16-18)36-48-32-20-11-7-9-13-22(20)34(46-32)51-38-26-25(27(42)29(44)30(28(26)43)55-17-41(4,5)39(53)54)37(52-38)50-33-21-12-8-6-10-19(21)31(45-33)47-35(23)49-36/h6-16H,17H2,1-5H3,(H,53,54)(H2,45,46,47,48,49,50,51,52). The van der Waals surface area contributed by atoms with E-state index in [1.165, 1.54) is 13.8 Å². The summed E-state index contributed by atoms with van der Waals surface area (Å²) in [6.45, 7) is 9.35. The Hall–Kier alpha value is -5.62. The van der Waals surface area contributed by atoms with Crippen molar-refractivity contribution < 1.29 is 14.6 Å². The van der Waals surface area contributed by atoms with Crippen molar-refractivity contribution in [3.8, 4) is 51.3 Å². The molecule has 4 aromatic carbocycles. The van der Waals surface area contributed by atoms with Crippen molar-refractivity contribution >= 4 is 84.9 Å². The summed E-state index contributed by atoms with van der Waals surface area (Å²) in [6, 6.07) is 21.7. The second-order valence-electron chi connectivity index (χ2n) is 15.2. The maximum Gasteiger partial charge on any atom is 0.312 e. The average Bonchev–Trinajstić information content (AvgIpc) is 3.88. The number of benzene rings is 4. The monoisotopic (exact) mass is 788 g/mol. The fourth-order valence-electron chi connectivity index (χ4n) is 6.72. The van der Waals surface area contributed by atoms with Crippen molar-refractivity contribution in [3.05, 3.63) is 87.4 Å². The highest BCUT2D eigenvalue weighted by molar-refractivity contribution is 6.51. The van der Waals surface area contributed by atoms with Crippen LogP contribution in [0.4, 0.5) is 0 Å². The lowest BCUT2D eigenvalue weighted by molar-refractivity contribution is -0.148. The molecule has 3 N–H and O–H groups in total. The molecule has 0 saturated carbocycles. The number of rotatable bonds is 4. The van der Waals surface area contributed by atoms with Crippen molar-refractivity contribution in [2.24, 2.45) is 5.41 Å². The van der Waals surface area contributed by atoms with Crippen LogP contribution >= 0.6 is 34.8 Å². The fraction of sp³-hybridized carbons (Fsp3) is 0.195. The Kier molecular flexibility index (Phi) is 7.95. The molecule has 5 heterocycles. The Bertz CT molecular complexity index is 2990. The van der Waals surface area contributed by atoms with Gasteiger partial charge in [-0.1, -0.05) is 116 Å². The number of carboxylic acid groups (broad SMARTS) is 1. The van der Waals surface area contributed by atoms with Gasteiger partial charge in [-0.2, -0.15) is 0 Å². The molecule has 0 saturated heterocycles. The van der Waals surface area contributed by atoms with E-state index in [1.807, 2.05) is 48.5 Å². The number of hydrogen-bond acceptors (Lipinski definition) is 8. The molecule has 7 aromatic rings. The van der Waals surface area contributed by atoms with Crippen LogP contribution in [-0.4, -0.2) is 57.6 Å². The van der Waals surface area contributed by atoms with Crippen LogP contribution in [0.2, 0.25) is 15.1 Å². The first kappa shape index (κ1) is 35.1. The van der Waals surface area contributed by atoms with Gasteiger partial charge in [-0.05, 0) is 30.9 Å². The molecule has 2 aliphatic rings. The van der Waals surface area contributed by atoms with Gasteiger partial charge in [0.25, 0.3) is 0 Å². The summed E-state index contributed by atoms with van der Waals surface area (Å²) >= 11 is 21.0. The summed E-state index contributed by atoms with van der Waals surface area (Å²) in [5.41, 5.74) is 4.55. The first-order valence-electron chi connectivity index (χ1n) is 17.4. The van der Waals surface area contributed by atoms with Crippen LogP contribution in [0, 0.1) is 5.41 Å². The Morgan fingerprint density at radius 3 is 1.56 bits per heavy atom. The Labute approximate surface area is 328 Å². The molecule has 0 fully saturated rings. The summed E-state index contributed by atoms with van der Waals surface area (Å²) in [7, 11) is 0. The normalized spacial score (nSPS) is 12.6. The first-order chi connectivity index (χ1) is 26.2. The summed E-state index contributed by atoms with van der Waals surface area (Å²) in [5, 5.41) is 12.4. The van der Waals surface area contributed by atoms with Gasteiger partial charge in [0.15, 0.2) is 29.0 Å². The van der Waals surface area contributed by atoms with Gasteiger partial charge in [0.05, 0.1) is 26.2 Å². The number of nitrogens with zero attached hydrogens (tertiary/aromatic N) is 6. The van der Waals surface area contributed by atoms with Crippen molar-refractivity contribution in [3.63, 3.8) is 0 Å².